The number of likely N-dealkylation sites (N-methyl/N-ethyl adjacent to an activating group) is 1. The summed E-state index contributed by atoms with van der Waals surface area (Å²) in [7, 11) is 2.03. The maximum atomic E-state index is 3.56. The number of H-pyrrole nitrogens is 1. The lowest BCUT2D eigenvalue weighted by molar-refractivity contribution is 0.609. The number of aryl methyl sites for hydroxylation is 3. The lowest BCUT2D eigenvalue weighted by Crippen LogP contribution is -2.23. The van der Waals surface area contributed by atoms with Crippen molar-refractivity contribution >= 4 is 10.9 Å². The summed E-state index contributed by atoms with van der Waals surface area (Å²) in [5.41, 5.74) is 7.26. The summed E-state index contributed by atoms with van der Waals surface area (Å²) >= 11 is 0. The highest BCUT2D eigenvalue weighted by atomic mass is 14.9. The molecule has 1 aromatic carbocycles. The van der Waals surface area contributed by atoms with E-state index in [1.807, 2.05) is 7.05 Å². The largest absolute Gasteiger partial charge is 0.358 e. The third-order valence-electron chi connectivity index (χ3n) is 4.34. The molecule has 1 unspecified atom stereocenters. The highest BCUT2D eigenvalue weighted by molar-refractivity contribution is 5.86. The first-order chi connectivity index (χ1) is 8.69. The standard InChI is InChI=1S/C16H22N2/c1-10(17-3)7-14-11(2)18-16-9-13-6-4-5-12(13)8-15(14)16/h8-10,17-18H,4-7H2,1-3H3. The molecule has 3 rings (SSSR count). The Labute approximate surface area is 109 Å². The van der Waals surface area contributed by atoms with Crippen molar-refractivity contribution in [1.82, 2.24) is 10.3 Å². The topological polar surface area (TPSA) is 27.8 Å². The fraction of sp³-hybridized carbons (Fsp3) is 0.500. The molecule has 0 saturated heterocycles. The lowest BCUT2D eigenvalue weighted by Gasteiger charge is -2.10. The zero-order chi connectivity index (χ0) is 12.7. The van der Waals surface area contributed by atoms with Gasteiger partial charge in [0.1, 0.15) is 0 Å². The number of aromatic amines is 1. The van der Waals surface area contributed by atoms with Crippen molar-refractivity contribution in [1.29, 1.82) is 0 Å². The Kier molecular flexibility index (Phi) is 2.90. The number of rotatable bonds is 3. The number of hydrogen-bond donors (Lipinski definition) is 2. The summed E-state index contributed by atoms with van der Waals surface area (Å²) in [5, 5.41) is 4.77. The number of nitrogens with one attached hydrogen (secondary N) is 2. The van der Waals surface area contributed by atoms with Gasteiger partial charge in [0, 0.05) is 22.6 Å². The molecule has 0 fully saturated rings. The zero-order valence-corrected chi connectivity index (χ0v) is 11.6. The van der Waals surface area contributed by atoms with Gasteiger partial charge in [0.2, 0.25) is 0 Å². The van der Waals surface area contributed by atoms with E-state index in [9.17, 15) is 0 Å². The first kappa shape index (κ1) is 11.8. The van der Waals surface area contributed by atoms with Crippen LogP contribution in [-0.4, -0.2) is 18.1 Å². The fourth-order valence-corrected chi connectivity index (χ4v) is 3.13. The van der Waals surface area contributed by atoms with Crippen LogP contribution in [-0.2, 0) is 19.3 Å². The molecule has 1 atom stereocenters. The monoisotopic (exact) mass is 242 g/mol. The van der Waals surface area contributed by atoms with Crippen LogP contribution in [0.5, 0.6) is 0 Å². The van der Waals surface area contributed by atoms with Gasteiger partial charge in [-0.1, -0.05) is 0 Å². The quantitative estimate of drug-likeness (QED) is 0.850. The number of fused-ring (bicyclic) bond motifs is 2. The van der Waals surface area contributed by atoms with Crippen molar-refractivity contribution in [2.75, 3.05) is 7.05 Å². The highest BCUT2D eigenvalue weighted by Crippen LogP contribution is 2.31. The molecule has 2 N–H and O–H groups in total. The molecule has 0 saturated carbocycles. The van der Waals surface area contributed by atoms with Crippen LogP contribution in [0.25, 0.3) is 10.9 Å². The molecule has 2 aromatic rings. The molecule has 1 aliphatic carbocycles. The van der Waals surface area contributed by atoms with Crippen LogP contribution in [0.4, 0.5) is 0 Å². The summed E-state index contributed by atoms with van der Waals surface area (Å²) in [6, 6.07) is 5.33. The molecule has 1 aromatic heterocycles. The van der Waals surface area contributed by atoms with Crippen LogP contribution in [0, 0.1) is 6.92 Å². The van der Waals surface area contributed by atoms with E-state index >= 15 is 0 Å². The van der Waals surface area contributed by atoms with Gasteiger partial charge in [-0.15, -0.1) is 0 Å². The predicted octanol–water partition coefficient (Wildman–Crippen LogP) is 3.12. The molecule has 0 aliphatic heterocycles. The van der Waals surface area contributed by atoms with E-state index in [0.717, 1.165) is 6.42 Å². The van der Waals surface area contributed by atoms with Gasteiger partial charge < -0.3 is 10.3 Å². The molecular weight excluding hydrogens is 220 g/mol. The lowest BCUT2D eigenvalue weighted by atomic mass is 10.0. The zero-order valence-electron chi connectivity index (χ0n) is 11.6. The Balaban J connectivity index is 2.10. The van der Waals surface area contributed by atoms with Crippen molar-refractivity contribution in [3.63, 3.8) is 0 Å². The molecule has 0 radical (unpaired) electrons. The van der Waals surface area contributed by atoms with E-state index in [4.69, 9.17) is 0 Å². The van der Waals surface area contributed by atoms with Gasteiger partial charge in [0.05, 0.1) is 0 Å². The Morgan fingerprint density at radius 3 is 2.72 bits per heavy atom. The summed E-state index contributed by atoms with van der Waals surface area (Å²) in [4.78, 5) is 3.56. The molecule has 96 valence electrons. The van der Waals surface area contributed by atoms with E-state index in [-0.39, 0.29) is 0 Å². The molecule has 18 heavy (non-hydrogen) atoms. The maximum absolute atomic E-state index is 3.56. The van der Waals surface area contributed by atoms with Crippen LogP contribution in [0.1, 0.15) is 35.7 Å². The second-order valence-electron chi connectivity index (χ2n) is 5.64. The van der Waals surface area contributed by atoms with Crippen LogP contribution in [0.15, 0.2) is 12.1 Å². The first-order valence-corrected chi connectivity index (χ1v) is 6.99. The smallest absolute Gasteiger partial charge is 0.0461 e. The van der Waals surface area contributed by atoms with Crippen molar-refractivity contribution in [2.24, 2.45) is 0 Å². The van der Waals surface area contributed by atoms with Crippen LogP contribution >= 0.6 is 0 Å². The molecule has 0 amide bonds. The predicted molar refractivity (Wildman–Crippen MR) is 77.3 cm³/mol. The van der Waals surface area contributed by atoms with Gasteiger partial charge in [-0.25, -0.2) is 0 Å². The summed E-state index contributed by atoms with van der Waals surface area (Å²) in [6.07, 6.45) is 4.94. The van der Waals surface area contributed by atoms with Crippen molar-refractivity contribution in [3.8, 4) is 0 Å². The maximum Gasteiger partial charge on any atom is 0.0461 e. The first-order valence-electron chi connectivity index (χ1n) is 6.99. The Morgan fingerprint density at radius 1 is 1.28 bits per heavy atom. The molecule has 0 spiro atoms. The van der Waals surface area contributed by atoms with Gasteiger partial charge >= 0.3 is 0 Å². The average molecular weight is 242 g/mol. The number of hydrogen-bond acceptors (Lipinski definition) is 1. The van der Waals surface area contributed by atoms with E-state index in [2.05, 4.69) is 36.3 Å². The van der Waals surface area contributed by atoms with Crippen molar-refractivity contribution < 1.29 is 0 Å². The summed E-state index contributed by atoms with van der Waals surface area (Å²) in [6.45, 7) is 4.44. The van der Waals surface area contributed by atoms with Crippen LogP contribution in [0.3, 0.4) is 0 Å². The molecule has 2 heteroatoms. The van der Waals surface area contributed by atoms with Gasteiger partial charge in [-0.05, 0) is 75.4 Å². The van der Waals surface area contributed by atoms with Gasteiger partial charge in [0.25, 0.3) is 0 Å². The molecular formula is C16H22N2. The third-order valence-corrected chi connectivity index (χ3v) is 4.34. The SMILES string of the molecule is CNC(C)Cc1c(C)[nH]c2cc3c(cc12)CCC3. The average Bonchev–Trinajstić information content (AvgIpc) is 2.91. The highest BCUT2D eigenvalue weighted by Gasteiger charge is 2.16. The molecule has 2 nitrogen and oxygen atoms in total. The van der Waals surface area contributed by atoms with Crippen LogP contribution in [0.2, 0.25) is 0 Å². The third kappa shape index (κ3) is 1.85. The number of benzene rings is 1. The minimum atomic E-state index is 0.524. The molecule has 1 heterocycles. The van der Waals surface area contributed by atoms with Crippen molar-refractivity contribution in [3.05, 3.63) is 34.5 Å². The van der Waals surface area contributed by atoms with E-state index in [1.165, 1.54) is 41.4 Å². The second-order valence-corrected chi connectivity index (χ2v) is 5.64. The normalized spacial score (nSPS) is 16.2. The van der Waals surface area contributed by atoms with Gasteiger partial charge in [-0.2, -0.15) is 0 Å². The van der Waals surface area contributed by atoms with Gasteiger partial charge in [0.15, 0.2) is 0 Å². The Hall–Kier alpha value is -1.28. The van der Waals surface area contributed by atoms with E-state index < -0.39 is 0 Å². The minimum Gasteiger partial charge on any atom is -0.358 e. The molecule has 1 aliphatic rings. The Bertz CT molecular complexity index is 580. The van der Waals surface area contributed by atoms with Gasteiger partial charge in [-0.3, -0.25) is 0 Å². The minimum absolute atomic E-state index is 0.524. The van der Waals surface area contributed by atoms with E-state index in [1.54, 1.807) is 11.1 Å². The summed E-state index contributed by atoms with van der Waals surface area (Å²) in [5.74, 6) is 0. The second kappa shape index (κ2) is 4.43. The Morgan fingerprint density at radius 2 is 2.00 bits per heavy atom. The van der Waals surface area contributed by atoms with Crippen molar-refractivity contribution in [2.45, 2.75) is 45.6 Å². The van der Waals surface area contributed by atoms with E-state index in [0.29, 0.717) is 6.04 Å². The number of aromatic nitrogens is 1. The fourth-order valence-electron chi connectivity index (χ4n) is 3.13. The molecule has 0 bridgehead atoms. The summed E-state index contributed by atoms with van der Waals surface area (Å²) < 4.78 is 0. The van der Waals surface area contributed by atoms with Crippen LogP contribution < -0.4 is 5.32 Å².